The molecule has 25 heteroatoms. The highest BCUT2D eigenvalue weighted by molar-refractivity contribution is 6.00. The SMILES string of the molecule is COc1ccc(C(O)C(NC(=O)C(C)NC(=O)CN2CCOCC2)C(=O)NC(CC2=CCC(C3CCC=C(CC(NC(=O)C(NC(=O)C(CO)NC(=O)CN4CCOCC4)C(O)c4ccc(OC)cc4)C(=O)C4(C)CO4)C3)C2)C(=O)C2(C)CO2)cc1. The monoisotopic (exact) mass is 1200 g/mol. The van der Waals surface area contributed by atoms with E-state index in [4.69, 9.17) is 28.4 Å². The Morgan fingerprint density at radius 1 is 0.581 bits per heavy atom. The van der Waals surface area contributed by atoms with Gasteiger partial charge in [-0.1, -0.05) is 47.6 Å². The van der Waals surface area contributed by atoms with Crippen LogP contribution in [0.15, 0.2) is 71.8 Å². The number of methoxy groups -OCH3 is 2. The van der Waals surface area contributed by atoms with Crippen LogP contribution in [0.25, 0.3) is 0 Å². The van der Waals surface area contributed by atoms with Crippen molar-refractivity contribution in [2.24, 2.45) is 11.8 Å². The molecule has 9 N–H and O–H groups in total. The van der Waals surface area contributed by atoms with E-state index >= 15 is 0 Å². The van der Waals surface area contributed by atoms with Crippen molar-refractivity contribution in [2.45, 2.75) is 125 Å². The van der Waals surface area contributed by atoms with Crippen LogP contribution in [0.4, 0.5) is 0 Å². The van der Waals surface area contributed by atoms with Crippen LogP contribution in [-0.4, -0.2) is 219 Å². The summed E-state index contributed by atoms with van der Waals surface area (Å²) in [6, 6.07) is 4.27. The van der Waals surface area contributed by atoms with E-state index in [2.05, 4.69) is 44.1 Å². The molecule has 0 aromatic heterocycles. The molecular weight excluding hydrogens is 1120 g/mol. The average molecular weight is 1200 g/mol. The largest absolute Gasteiger partial charge is 0.497 e. The van der Waals surface area contributed by atoms with Crippen molar-refractivity contribution in [1.82, 2.24) is 41.7 Å². The molecule has 4 saturated heterocycles. The van der Waals surface area contributed by atoms with Crippen LogP contribution in [0.3, 0.4) is 0 Å². The maximum Gasteiger partial charge on any atom is 0.246 e. The Kier molecular flexibility index (Phi) is 22.6. The summed E-state index contributed by atoms with van der Waals surface area (Å²) in [6.07, 6.45) is 4.30. The highest BCUT2D eigenvalue weighted by atomic mass is 16.6. The van der Waals surface area contributed by atoms with Crippen molar-refractivity contribution in [3.63, 3.8) is 0 Å². The van der Waals surface area contributed by atoms with Crippen LogP contribution in [0, 0.1) is 11.8 Å². The van der Waals surface area contributed by atoms with Gasteiger partial charge < -0.3 is 75.6 Å². The van der Waals surface area contributed by atoms with Crippen LogP contribution in [0.1, 0.15) is 89.1 Å². The summed E-state index contributed by atoms with van der Waals surface area (Å²) < 4.78 is 32.5. The van der Waals surface area contributed by atoms with Gasteiger partial charge in [0.15, 0.2) is 11.6 Å². The van der Waals surface area contributed by atoms with E-state index in [1.165, 1.54) is 33.3 Å². The number of morpholine rings is 2. The number of nitrogens with zero attached hydrogens (tertiary/aromatic N) is 2. The molecular formula is C61H84N8O17. The Morgan fingerprint density at radius 2 is 1.01 bits per heavy atom. The predicted octanol–water partition coefficient (Wildman–Crippen LogP) is -0.385. The number of aliphatic hydroxyl groups excluding tert-OH is 3. The first-order valence-electron chi connectivity index (χ1n) is 29.6. The Hall–Kier alpha value is -6.68. The number of ether oxygens (including phenoxy) is 6. The summed E-state index contributed by atoms with van der Waals surface area (Å²) in [5.41, 5.74) is -0.0559. The number of nitrogens with one attached hydrogen (secondary N) is 6. The number of ketones is 2. The Morgan fingerprint density at radius 3 is 1.45 bits per heavy atom. The van der Waals surface area contributed by atoms with E-state index in [1.807, 2.05) is 9.80 Å². The Labute approximate surface area is 500 Å². The fourth-order valence-electron chi connectivity index (χ4n) is 11.5. The average Bonchev–Trinajstić information content (AvgIpc) is 2.14. The molecule has 470 valence electrons. The summed E-state index contributed by atoms with van der Waals surface area (Å²) in [5.74, 6) is -4.01. The summed E-state index contributed by atoms with van der Waals surface area (Å²) in [7, 11) is 2.95. The number of hydrogen-bond donors (Lipinski definition) is 9. The number of amides is 6. The lowest BCUT2D eigenvalue weighted by molar-refractivity contribution is -0.137. The number of epoxide rings is 2. The first-order valence-corrected chi connectivity index (χ1v) is 29.6. The van der Waals surface area contributed by atoms with E-state index in [1.54, 1.807) is 50.2 Å². The molecule has 6 amide bonds. The van der Waals surface area contributed by atoms with Crippen molar-refractivity contribution in [2.75, 3.05) is 99.7 Å². The van der Waals surface area contributed by atoms with Crippen molar-refractivity contribution in [3.8, 4) is 11.5 Å². The molecule has 86 heavy (non-hydrogen) atoms. The number of Topliss-reactive ketones (excluding diaryl/α,β-unsaturated/α-hetero) is 2. The first-order chi connectivity index (χ1) is 41.2. The maximum atomic E-state index is 14.6. The molecule has 6 aliphatic rings. The number of aliphatic hydroxyl groups is 3. The third kappa shape index (κ3) is 17.5. The molecule has 8 rings (SSSR count). The second kappa shape index (κ2) is 29.8. The molecule has 2 aromatic carbocycles. The number of rotatable bonds is 30. The molecule has 4 heterocycles. The highest BCUT2D eigenvalue weighted by Gasteiger charge is 2.52. The van der Waals surface area contributed by atoms with Gasteiger partial charge in [0, 0.05) is 26.2 Å². The zero-order chi connectivity index (χ0) is 61.7. The minimum Gasteiger partial charge on any atom is -0.497 e. The molecule has 0 radical (unpaired) electrons. The van der Waals surface area contributed by atoms with Crippen LogP contribution < -0.4 is 41.4 Å². The molecule has 2 aromatic rings. The zero-order valence-corrected chi connectivity index (χ0v) is 49.6. The van der Waals surface area contributed by atoms with Gasteiger partial charge in [-0.2, -0.15) is 0 Å². The van der Waals surface area contributed by atoms with E-state index < -0.39 is 107 Å². The van der Waals surface area contributed by atoms with Gasteiger partial charge in [-0.05, 0) is 113 Å². The molecule has 2 aliphatic carbocycles. The quantitative estimate of drug-likeness (QED) is 0.0355. The smallest absolute Gasteiger partial charge is 0.246 e. The molecule has 25 nitrogen and oxygen atoms in total. The lowest BCUT2D eigenvalue weighted by Crippen LogP contribution is -2.59. The van der Waals surface area contributed by atoms with Crippen LogP contribution in [-0.2, 0) is 57.3 Å². The fraction of sp³-hybridized carbons (Fsp3) is 0.607. The van der Waals surface area contributed by atoms with Gasteiger partial charge in [0.25, 0.3) is 0 Å². The van der Waals surface area contributed by atoms with E-state index in [9.17, 15) is 53.7 Å². The second-order valence-electron chi connectivity index (χ2n) is 23.5. The van der Waals surface area contributed by atoms with Crippen molar-refractivity contribution in [3.05, 3.63) is 83.0 Å². The minimum absolute atomic E-state index is 0.0371. The number of carbonyl (C=O) groups excluding carboxylic acids is 8. The first kappa shape index (κ1) is 65.3. The molecule has 0 spiro atoms. The number of hydrogen-bond acceptors (Lipinski definition) is 19. The van der Waals surface area contributed by atoms with Crippen LogP contribution in [0.5, 0.6) is 11.5 Å². The summed E-state index contributed by atoms with van der Waals surface area (Å²) >= 11 is 0. The number of carbonyl (C=O) groups is 8. The lowest BCUT2D eigenvalue weighted by atomic mass is 9.76. The van der Waals surface area contributed by atoms with Gasteiger partial charge in [0.2, 0.25) is 35.4 Å². The molecule has 0 bridgehead atoms. The van der Waals surface area contributed by atoms with Crippen molar-refractivity contribution in [1.29, 1.82) is 0 Å². The Balaban J connectivity index is 0.930. The van der Waals surface area contributed by atoms with E-state index in [0.717, 1.165) is 17.6 Å². The highest BCUT2D eigenvalue weighted by Crippen LogP contribution is 2.42. The number of benzene rings is 2. The van der Waals surface area contributed by atoms with Gasteiger partial charge in [-0.15, -0.1) is 0 Å². The topological polar surface area (TPSA) is 338 Å². The molecule has 4 aliphatic heterocycles. The van der Waals surface area contributed by atoms with Gasteiger partial charge in [0.05, 0.1) is 85.6 Å². The van der Waals surface area contributed by atoms with Gasteiger partial charge >= 0.3 is 0 Å². The van der Waals surface area contributed by atoms with Crippen LogP contribution >= 0.6 is 0 Å². The van der Waals surface area contributed by atoms with Gasteiger partial charge in [-0.25, -0.2) is 0 Å². The summed E-state index contributed by atoms with van der Waals surface area (Å²) in [4.78, 5) is 115. The van der Waals surface area contributed by atoms with Gasteiger partial charge in [0.1, 0.15) is 59.1 Å². The van der Waals surface area contributed by atoms with Crippen molar-refractivity contribution >= 4 is 47.0 Å². The molecule has 4 fully saturated rings. The van der Waals surface area contributed by atoms with Crippen LogP contribution in [0.2, 0.25) is 0 Å². The zero-order valence-electron chi connectivity index (χ0n) is 49.6. The Bertz CT molecular complexity index is 2790. The lowest BCUT2D eigenvalue weighted by Gasteiger charge is -2.32. The molecule has 12 atom stereocenters. The standard InChI is InChI=1S/C61H84N8O17/c1-36(62-48(71)31-68-19-23-83-24-20-68)56(77)66-50(52(73)39-11-15-43(81-4)16-12-39)58(79)65-46(55(76)61(3)35-86-61)30-38-9-10-42(28-38)41-8-6-7-37(27-41)29-45(54(75)60(2)34-85-60)64-59(80)51(53(74)40-13-17-44(82-5)18-14-40)67-57(78)47(33-70)63-49(72)32-69-21-25-84-26-22-69/h7,9,11-18,36,41-42,45-47,50-53,70,73-74H,6,8,10,19-35H2,1-5H3,(H,62,71)(H,63,72)(H,64,80)(H,65,79)(H,66,77)(H,67,78). The molecule has 12 unspecified atom stereocenters. The second-order valence-corrected chi connectivity index (χ2v) is 23.5. The predicted molar refractivity (Wildman–Crippen MR) is 309 cm³/mol. The van der Waals surface area contributed by atoms with E-state index in [-0.39, 0.29) is 67.9 Å². The van der Waals surface area contributed by atoms with E-state index in [0.29, 0.717) is 89.8 Å². The number of allylic oxidation sites excluding steroid dienone is 2. The maximum absolute atomic E-state index is 14.6. The minimum atomic E-state index is -1.72. The van der Waals surface area contributed by atoms with Crippen molar-refractivity contribution < 1.29 is 82.1 Å². The fourth-order valence-corrected chi connectivity index (χ4v) is 11.5. The third-order valence-corrected chi connectivity index (χ3v) is 17.0. The summed E-state index contributed by atoms with van der Waals surface area (Å²) in [5, 5.41) is 50.0. The molecule has 0 saturated carbocycles. The van der Waals surface area contributed by atoms with Gasteiger partial charge in [-0.3, -0.25) is 48.2 Å². The third-order valence-electron chi connectivity index (χ3n) is 17.0. The summed E-state index contributed by atoms with van der Waals surface area (Å²) in [6.45, 7) is 8.08. The normalized spacial score (nSPS) is 24.9.